The van der Waals surface area contributed by atoms with Crippen LogP contribution in [0.15, 0.2) is 54.6 Å². The van der Waals surface area contributed by atoms with Gasteiger partial charge in [0, 0.05) is 13.7 Å². The number of hydrogen-bond donors (Lipinski definition) is 2. The third-order valence-corrected chi connectivity index (χ3v) is 3.55. The van der Waals surface area contributed by atoms with Crippen molar-refractivity contribution in [3.05, 3.63) is 71.3 Å². The number of aryl methyl sites for hydroxylation is 1. The second-order valence-corrected chi connectivity index (χ2v) is 5.22. The van der Waals surface area contributed by atoms with Gasteiger partial charge in [0.15, 0.2) is 0 Å². The summed E-state index contributed by atoms with van der Waals surface area (Å²) in [7, 11) is 1.60. The summed E-state index contributed by atoms with van der Waals surface area (Å²) in [4.78, 5) is 0. The lowest BCUT2D eigenvalue weighted by Gasteiger charge is -2.23. The van der Waals surface area contributed by atoms with Gasteiger partial charge in [0.2, 0.25) is 0 Å². The molecule has 0 saturated carbocycles. The number of ether oxygens (including phenoxy) is 1. The van der Waals surface area contributed by atoms with Crippen molar-refractivity contribution in [2.45, 2.75) is 19.1 Å². The van der Waals surface area contributed by atoms with E-state index in [0.717, 1.165) is 0 Å². The van der Waals surface area contributed by atoms with Crippen molar-refractivity contribution in [1.82, 2.24) is 5.32 Å². The number of aliphatic hydroxyl groups excluding tert-OH is 1. The van der Waals surface area contributed by atoms with E-state index in [1.165, 1.54) is 16.7 Å². The molecule has 112 valence electrons. The number of hydrogen-bond acceptors (Lipinski definition) is 3. The lowest BCUT2D eigenvalue weighted by molar-refractivity contribution is 0.0634. The van der Waals surface area contributed by atoms with Crippen LogP contribution in [0, 0.1) is 6.92 Å². The monoisotopic (exact) mass is 285 g/mol. The third-order valence-electron chi connectivity index (χ3n) is 3.55. The summed E-state index contributed by atoms with van der Waals surface area (Å²) in [5.74, 6) is 0. The molecule has 0 fully saturated rings. The molecule has 0 amide bonds. The fraction of sp³-hybridized carbons (Fsp3) is 0.333. The Bertz CT molecular complexity index is 542. The maximum Gasteiger partial charge on any atom is 0.0897 e. The first-order valence-electron chi connectivity index (χ1n) is 7.23. The summed E-state index contributed by atoms with van der Waals surface area (Å²) in [6, 6.07) is 18.7. The molecule has 2 N–H and O–H groups in total. The zero-order valence-corrected chi connectivity index (χ0v) is 12.6. The number of rotatable bonds is 7. The first kappa shape index (κ1) is 15.7. The SMILES string of the molecule is COCC(O)CNC(c1ccccc1)c1ccccc1C. The first-order chi connectivity index (χ1) is 10.2. The van der Waals surface area contributed by atoms with Gasteiger partial charge >= 0.3 is 0 Å². The maximum atomic E-state index is 9.87. The molecule has 2 atom stereocenters. The summed E-state index contributed by atoms with van der Waals surface area (Å²) in [5, 5.41) is 13.3. The van der Waals surface area contributed by atoms with Gasteiger partial charge < -0.3 is 15.2 Å². The van der Waals surface area contributed by atoms with E-state index in [4.69, 9.17) is 4.74 Å². The minimum absolute atomic E-state index is 0.0684. The van der Waals surface area contributed by atoms with E-state index >= 15 is 0 Å². The fourth-order valence-electron chi connectivity index (χ4n) is 2.47. The molecule has 21 heavy (non-hydrogen) atoms. The lowest BCUT2D eigenvalue weighted by Crippen LogP contribution is -2.33. The smallest absolute Gasteiger partial charge is 0.0897 e. The van der Waals surface area contributed by atoms with Crippen LogP contribution in [0.3, 0.4) is 0 Å². The van der Waals surface area contributed by atoms with Gasteiger partial charge in [0.05, 0.1) is 18.8 Å². The Morgan fingerprint density at radius 1 is 1.05 bits per heavy atom. The molecule has 0 aliphatic heterocycles. The highest BCUT2D eigenvalue weighted by molar-refractivity contribution is 5.36. The second kappa shape index (κ2) is 7.93. The highest BCUT2D eigenvalue weighted by atomic mass is 16.5. The standard InChI is InChI=1S/C18H23NO2/c1-14-8-6-7-11-17(14)18(15-9-4-3-5-10-15)19-12-16(20)13-21-2/h3-11,16,18-20H,12-13H2,1-2H3. The third kappa shape index (κ3) is 4.39. The van der Waals surface area contributed by atoms with E-state index in [0.29, 0.717) is 13.2 Å². The van der Waals surface area contributed by atoms with Gasteiger partial charge in [-0.3, -0.25) is 0 Å². The van der Waals surface area contributed by atoms with Crippen molar-refractivity contribution < 1.29 is 9.84 Å². The highest BCUT2D eigenvalue weighted by Crippen LogP contribution is 2.24. The molecule has 3 heteroatoms. The number of methoxy groups -OCH3 is 1. The van der Waals surface area contributed by atoms with E-state index < -0.39 is 6.10 Å². The molecular weight excluding hydrogens is 262 g/mol. The van der Waals surface area contributed by atoms with Gasteiger partial charge in [-0.05, 0) is 23.6 Å². The van der Waals surface area contributed by atoms with Crippen LogP contribution in [0.25, 0.3) is 0 Å². The van der Waals surface area contributed by atoms with E-state index in [9.17, 15) is 5.11 Å². The second-order valence-electron chi connectivity index (χ2n) is 5.22. The van der Waals surface area contributed by atoms with Crippen molar-refractivity contribution in [2.24, 2.45) is 0 Å². The Labute approximate surface area is 126 Å². The van der Waals surface area contributed by atoms with Crippen LogP contribution < -0.4 is 5.32 Å². The van der Waals surface area contributed by atoms with Crippen LogP contribution >= 0.6 is 0 Å². The summed E-state index contributed by atoms with van der Waals surface area (Å²) >= 11 is 0. The average Bonchev–Trinajstić information content (AvgIpc) is 2.50. The molecule has 2 aromatic rings. The Hall–Kier alpha value is -1.68. The van der Waals surface area contributed by atoms with Crippen LogP contribution in [-0.4, -0.2) is 31.5 Å². The molecule has 0 saturated heterocycles. The van der Waals surface area contributed by atoms with E-state index in [1.807, 2.05) is 30.3 Å². The minimum atomic E-state index is -0.509. The molecule has 0 bridgehead atoms. The summed E-state index contributed by atoms with van der Waals surface area (Å²) in [6.07, 6.45) is -0.509. The number of benzene rings is 2. The summed E-state index contributed by atoms with van der Waals surface area (Å²) in [6.45, 7) is 2.93. The predicted octanol–water partition coefficient (Wildman–Crippen LogP) is 2.68. The van der Waals surface area contributed by atoms with Crippen LogP contribution in [-0.2, 0) is 4.74 Å². The molecule has 0 aliphatic carbocycles. The van der Waals surface area contributed by atoms with E-state index in [-0.39, 0.29) is 6.04 Å². The number of aliphatic hydroxyl groups is 1. The molecule has 0 aromatic heterocycles. The van der Waals surface area contributed by atoms with Crippen LogP contribution in [0.1, 0.15) is 22.7 Å². The largest absolute Gasteiger partial charge is 0.389 e. The van der Waals surface area contributed by atoms with Crippen LogP contribution in [0.4, 0.5) is 0 Å². The van der Waals surface area contributed by atoms with Crippen LogP contribution in [0.2, 0.25) is 0 Å². The molecule has 2 rings (SSSR count). The van der Waals surface area contributed by atoms with Crippen molar-refractivity contribution >= 4 is 0 Å². The Morgan fingerprint density at radius 3 is 2.38 bits per heavy atom. The topological polar surface area (TPSA) is 41.5 Å². The molecule has 3 nitrogen and oxygen atoms in total. The molecule has 0 radical (unpaired) electrons. The van der Waals surface area contributed by atoms with Crippen LogP contribution in [0.5, 0.6) is 0 Å². The van der Waals surface area contributed by atoms with E-state index in [1.54, 1.807) is 7.11 Å². The van der Waals surface area contributed by atoms with Gasteiger partial charge in [-0.2, -0.15) is 0 Å². The zero-order chi connectivity index (χ0) is 15.1. The Kier molecular flexibility index (Phi) is 5.93. The lowest BCUT2D eigenvalue weighted by atomic mass is 9.95. The van der Waals surface area contributed by atoms with Crippen molar-refractivity contribution in [1.29, 1.82) is 0 Å². The minimum Gasteiger partial charge on any atom is -0.389 e. The van der Waals surface area contributed by atoms with Gasteiger partial charge in [-0.1, -0.05) is 54.6 Å². The highest BCUT2D eigenvalue weighted by Gasteiger charge is 2.16. The molecule has 0 spiro atoms. The zero-order valence-electron chi connectivity index (χ0n) is 12.6. The summed E-state index contributed by atoms with van der Waals surface area (Å²) < 4.78 is 4.98. The van der Waals surface area contributed by atoms with Gasteiger partial charge in [0.1, 0.15) is 0 Å². The summed E-state index contributed by atoms with van der Waals surface area (Å²) in [5.41, 5.74) is 3.66. The van der Waals surface area contributed by atoms with E-state index in [2.05, 4.69) is 36.5 Å². The van der Waals surface area contributed by atoms with Crippen molar-refractivity contribution in [3.8, 4) is 0 Å². The van der Waals surface area contributed by atoms with Crippen molar-refractivity contribution in [2.75, 3.05) is 20.3 Å². The molecular formula is C18H23NO2. The van der Waals surface area contributed by atoms with Gasteiger partial charge in [-0.15, -0.1) is 0 Å². The molecule has 0 aliphatic rings. The number of nitrogens with one attached hydrogen (secondary N) is 1. The predicted molar refractivity (Wildman–Crippen MR) is 85.3 cm³/mol. The quantitative estimate of drug-likeness (QED) is 0.822. The van der Waals surface area contributed by atoms with Gasteiger partial charge in [0.25, 0.3) is 0 Å². The first-order valence-corrected chi connectivity index (χ1v) is 7.23. The average molecular weight is 285 g/mol. The Morgan fingerprint density at radius 2 is 1.71 bits per heavy atom. The molecule has 0 heterocycles. The maximum absolute atomic E-state index is 9.87. The molecule has 2 unspecified atom stereocenters. The van der Waals surface area contributed by atoms with Crippen molar-refractivity contribution in [3.63, 3.8) is 0 Å². The molecule has 2 aromatic carbocycles. The van der Waals surface area contributed by atoms with Gasteiger partial charge in [-0.25, -0.2) is 0 Å². The normalized spacial score (nSPS) is 13.9. The Balaban J connectivity index is 2.21. The fourth-order valence-corrected chi connectivity index (χ4v) is 2.47.